The predicted octanol–water partition coefficient (Wildman–Crippen LogP) is 5.14. The smallest absolute Gasteiger partial charge is 0.0743 e. The summed E-state index contributed by atoms with van der Waals surface area (Å²) in [5, 5.41) is 0.0178. The molecule has 16 heavy (non-hydrogen) atoms. The van der Waals surface area contributed by atoms with Crippen molar-refractivity contribution in [2.75, 3.05) is 0 Å². The fraction of sp³-hybridized carbons (Fsp3) is 0.143. The van der Waals surface area contributed by atoms with E-state index in [9.17, 15) is 0 Å². The molecule has 0 aliphatic carbocycles. The summed E-state index contributed by atoms with van der Waals surface area (Å²) in [5.41, 5.74) is 2.44. The summed E-state index contributed by atoms with van der Waals surface area (Å²) in [7, 11) is 0. The Hall–Kier alpha value is -0.540. The van der Waals surface area contributed by atoms with Gasteiger partial charge in [-0.15, -0.1) is 11.6 Å². The van der Waals surface area contributed by atoms with E-state index in [4.69, 9.17) is 11.6 Å². The van der Waals surface area contributed by atoms with E-state index in [1.54, 1.807) is 0 Å². The topological polar surface area (TPSA) is 0 Å². The van der Waals surface area contributed by atoms with Crippen molar-refractivity contribution in [3.8, 4) is 0 Å². The summed E-state index contributed by atoms with van der Waals surface area (Å²) in [4.78, 5) is 0. The summed E-state index contributed by atoms with van der Waals surface area (Å²) in [6.07, 6.45) is 0. The van der Waals surface area contributed by atoms with E-state index in [1.807, 2.05) is 24.3 Å². The molecule has 0 aromatic heterocycles. The first-order chi connectivity index (χ1) is 7.79. The number of rotatable bonds is 3. The normalized spacial score (nSPS) is 14.4. The van der Waals surface area contributed by atoms with Crippen molar-refractivity contribution in [1.82, 2.24) is 0 Å². The van der Waals surface area contributed by atoms with Gasteiger partial charge in [0, 0.05) is 0 Å². The standard InChI is InChI=1S/C14H12ClI/c15-13(11-7-3-1-4-8-11)14(16)12-9-5-2-6-10-12/h1-10,13-14H. The summed E-state index contributed by atoms with van der Waals surface area (Å²) < 4.78 is 0.294. The summed E-state index contributed by atoms with van der Waals surface area (Å²) in [5.74, 6) is 0. The summed E-state index contributed by atoms with van der Waals surface area (Å²) >= 11 is 8.89. The zero-order chi connectivity index (χ0) is 11.4. The number of hydrogen-bond donors (Lipinski definition) is 0. The Kier molecular flexibility index (Phi) is 4.24. The van der Waals surface area contributed by atoms with Gasteiger partial charge in [-0.1, -0.05) is 83.3 Å². The van der Waals surface area contributed by atoms with Gasteiger partial charge in [-0.05, 0) is 11.1 Å². The van der Waals surface area contributed by atoms with Gasteiger partial charge >= 0.3 is 0 Å². The Morgan fingerprint density at radius 2 is 1.19 bits per heavy atom. The highest BCUT2D eigenvalue weighted by Crippen LogP contribution is 2.40. The predicted molar refractivity (Wildman–Crippen MR) is 78.2 cm³/mol. The summed E-state index contributed by atoms with van der Waals surface area (Å²) in [6.45, 7) is 0. The lowest BCUT2D eigenvalue weighted by Crippen LogP contribution is -1.99. The Bertz CT molecular complexity index is 384. The first-order valence-electron chi connectivity index (χ1n) is 5.17. The van der Waals surface area contributed by atoms with Crippen molar-refractivity contribution in [1.29, 1.82) is 0 Å². The van der Waals surface area contributed by atoms with Crippen LogP contribution in [0.25, 0.3) is 0 Å². The third-order valence-electron chi connectivity index (χ3n) is 2.49. The molecule has 0 aliphatic heterocycles. The van der Waals surface area contributed by atoms with Crippen LogP contribution in [0.2, 0.25) is 0 Å². The van der Waals surface area contributed by atoms with E-state index in [1.165, 1.54) is 11.1 Å². The van der Waals surface area contributed by atoms with Crippen LogP contribution in [0.1, 0.15) is 20.4 Å². The second kappa shape index (κ2) is 5.69. The molecule has 0 fully saturated rings. The second-order valence-electron chi connectivity index (χ2n) is 3.62. The molecule has 0 N–H and O–H groups in total. The highest BCUT2D eigenvalue weighted by Gasteiger charge is 2.19. The molecule has 0 bridgehead atoms. The molecule has 0 saturated heterocycles. The largest absolute Gasteiger partial charge is 0.116 e. The average Bonchev–Trinajstić information content (AvgIpc) is 2.39. The number of halogens is 2. The molecule has 2 aromatic carbocycles. The molecule has 2 unspecified atom stereocenters. The summed E-state index contributed by atoms with van der Waals surface area (Å²) in [6, 6.07) is 20.6. The molecule has 2 heteroatoms. The molecule has 0 aliphatic rings. The lowest BCUT2D eigenvalue weighted by Gasteiger charge is -2.17. The van der Waals surface area contributed by atoms with Crippen LogP contribution in [-0.2, 0) is 0 Å². The minimum atomic E-state index is 0.0178. The van der Waals surface area contributed by atoms with Gasteiger partial charge in [-0.2, -0.15) is 0 Å². The molecule has 2 atom stereocenters. The maximum atomic E-state index is 6.48. The zero-order valence-corrected chi connectivity index (χ0v) is 11.6. The van der Waals surface area contributed by atoms with Crippen molar-refractivity contribution < 1.29 is 0 Å². The monoisotopic (exact) mass is 342 g/mol. The van der Waals surface area contributed by atoms with Crippen LogP contribution in [0.5, 0.6) is 0 Å². The first-order valence-corrected chi connectivity index (χ1v) is 6.85. The Morgan fingerprint density at radius 1 is 0.750 bits per heavy atom. The van der Waals surface area contributed by atoms with Crippen LogP contribution in [0.3, 0.4) is 0 Å². The lowest BCUT2D eigenvalue weighted by atomic mass is 10.0. The SMILES string of the molecule is ClC(c1ccccc1)C(I)c1ccccc1. The Morgan fingerprint density at radius 3 is 1.69 bits per heavy atom. The molecular formula is C14H12ClI. The zero-order valence-electron chi connectivity index (χ0n) is 8.68. The fourth-order valence-corrected chi connectivity index (χ4v) is 2.73. The Labute approximate surface area is 115 Å². The van der Waals surface area contributed by atoms with Gasteiger partial charge in [0.1, 0.15) is 0 Å². The van der Waals surface area contributed by atoms with Gasteiger partial charge in [-0.3, -0.25) is 0 Å². The molecular weight excluding hydrogens is 331 g/mol. The minimum absolute atomic E-state index is 0.0178. The molecule has 0 amide bonds. The molecule has 0 radical (unpaired) electrons. The van der Waals surface area contributed by atoms with E-state index in [0.29, 0.717) is 3.92 Å². The second-order valence-corrected chi connectivity index (χ2v) is 5.44. The highest BCUT2D eigenvalue weighted by molar-refractivity contribution is 14.1. The Balaban J connectivity index is 2.20. The number of benzene rings is 2. The third-order valence-corrected chi connectivity index (χ3v) is 4.86. The molecule has 0 heterocycles. The van der Waals surface area contributed by atoms with Crippen LogP contribution in [-0.4, -0.2) is 0 Å². The van der Waals surface area contributed by atoms with Gasteiger partial charge in [-0.25, -0.2) is 0 Å². The van der Waals surface area contributed by atoms with Crippen molar-refractivity contribution in [3.63, 3.8) is 0 Å². The van der Waals surface area contributed by atoms with Crippen LogP contribution in [0, 0.1) is 0 Å². The van der Waals surface area contributed by atoms with Crippen molar-refractivity contribution in [2.24, 2.45) is 0 Å². The van der Waals surface area contributed by atoms with E-state index >= 15 is 0 Å². The van der Waals surface area contributed by atoms with Gasteiger partial charge in [0.25, 0.3) is 0 Å². The highest BCUT2D eigenvalue weighted by atomic mass is 127. The molecule has 0 saturated carbocycles. The van der Waals surface area contributed by atoms with E-state index in [-0.39, 0.29) is 5.38 Å². The quantitative estimate of drug-likeness (QED) is 0.535. The average molecular weight is 343 g/mol. The molecule has 82 valence electrons. The van der Waals surface area contributed by atoms with Crippen molar-refractivity contribution in [2.45, 2.75) is 9.30 Å². The fourth-order valence-electron chi connectivity index (χ4n) is 1.61. The lowest BCUT2D eigenvalue weighted by molar-refractivity contribution is 0.926. The van der Waals surface area contributed by atoms with E-state index in [2.05, 4.69) is 59.0 Å². The van der Waals surface area contributed by atoms with E-state index < -0.39 is 0 Å². The molecule has 0 spiro atoms. The number of alkyl halides is 2. The van der Waals surface area contributed by atoms with Gasteiger partial charge in [0.15, 0.2) is 0 Å². The van der Waals surface area contributed by atoms with Gasteiger partial charge in [0.2, 0.25) is 0 Å². The molecule has 2 rings (SSSR count). The third kappa shape index (κ3) is 2.77. The van der Waals surface area contributed by atoms with Crippen molar-refractivity contribution >= 4 is 34.2 Å². The molecule has 0 nitrogen and oxygen atoms in total. The van der Waals surface area contributed by atoms with Crippen LogP contribution < -0.4 is 0 Å². The van der Waals surface area contributed by atoms with Crippen molar-refractivity contribution in [3.05, 3.63) is 71.8 Å². The van der Waals surface area contributed by atoms with Crippen LogP contribution in [0.15, 0.2) is 60.7 Å². The van der Waals surface area contributed by atoms with Gasteiger partial charge < -0.3 is 0 Å². The van der Waals surface area contributed by atoms with E-state index in [0.717, 1.165) is 0 Å². The van der Waals surface area contributed by atoms with Crippen LogP contribution >= 0.6 is 34.2 Å². The maximum Gasteiger partial charge on any atom is 0.0743 e. The minimum Gasteiger partial charge on any atom is -0.116 e. The molecule has 2 aromatic rings. The first kappa shape index (κ1) is 11.9. The van der Waals surface area contributed by atoms with Gasteiger partial charge in [0.05, 0.1) is 9.30 Å². The van der Waals surface area contributed by atoms with Crippen LogP contribution in [0.4, 0.5) is 0 Å². The number of hydrogen-bond acceptors (Lipinski definition) is 0. The maximum absolute atomic E-state index is 6.48.